The van der Waals surface area contributed by atoms with Crippen LogP contribution in [0, 0.1) is 17.5 Å². The van der Waals surface area contributed by atoms with Crippen molar-refractivity contribution in [2.75, 3.05) is 6.61 Å². The summed E-state index contributed by atoms with van der Waals surface area (Å²) < 4.78 is 51.3. The molecule has 0 amide bonds. The number of rotatable bonds is 10. The smallest absolute Gasteiger partial charge is 0.306 e. The predicted octanol–water partition coefficient (Wildman–Crippen LogP) is 3.47. The van der Waals surface area contributed by atoms with E-state index >= 15 is 0 Å². The van der Waals surface area contributed by atoms with E-state index in [1.54, 1.807) is 19.1 Å². The van der Waals surface area contributed by atoms with E-state index in [2.05, 4.69) is 0 Å². The summed E-state index contributed by atoms with van der Waals surface area (Å²) in [5, 5.41) is 0. The Morgan fingerprint density at radius 1 is 1.10 bits per heavy atom. The third-order valence-electron chi connectivity index (χ3n) is 4.25. The first kappa shape index (κ1) is 22.4. The van der Waals surface area contributed by atoms with E-state index in [0.29, 0.717) is 0 Å². The molecule has 0 heterocycles. The van der Waals surface area contributed by atoms with Gasteiger partial charge in [-0.3, -0.25) is 9.59 Å². The number of benzene rings is 2. The lowest BCUT2D eigenvalue weighted by atomic mass is 10.1. The molecule has 0 saturated carbocycles. The van der Waals surface area contributed by atoms with Gasteiger partial charge >= 0.3 is 5.97 Å². The van der Waals surface area contributed by atoms with Crippen LogP contribution < -0.4 is 10.5 Å². The molecule has 0 aliphatic carbocycles. The summed E-state index contributed by atoms with van der Waals surface area (Å²) in [7, 11) is 0. The van der Waals surface area contributed by atoms with Crippen LogP contribution in [-0.2, 0) is 27.4 Å². The number of halogens is 3. The average molecular weight is 409 g/mol. The molecule has 0 fully saturated rings. The number of carbonyl (C=O) groups excluding carboxylic acids is 2. The monoisotopic (exact) mass is 409 g/mol. The summed E-state index contributed by atoms with van der Waals surface area (Å²) in [6.07, 6.45) is -0.00943. The Balaban J connectivity index is 1.82. The van der Waals surface area contributed by atoms with Gasteiger partial charge in [0.1, 0.15) is 13.2 Å². The van der Waals surface area contributed by atoms with Crippen LogP contribution in [0.4, 0.5) is 13.2 Å². The molecule has 0 aromatic heterocycles. The van der Waals surface area contributed by atoms with Crippen molar-refractivity contribution in [1.82, 2.24) is 0 Å². The van der Waals surface area contributed by atoms with Gasteiger partial charge in [-0.1, -0.05) is 37.3 Å². The van der Waals surface area contributed by atoms with E-state index in [1.165, 1.54) is 0 Å². The topological polar surface area (TPSA) is 78.6 Å². The standard InChI is InChI=1S/C21H22F3NO4/c1-2-14-10-15(22)20(24)21(19(14)23)29-12-17(26)16(25)8-9-18(27)28-11-13-6-4-3-5-7-13/h3-7,10,16H,2,8-9,11-12,25H2,1H3/t16-/m0/s1. The quantitative estimate of drug-likeness (QED) is 0.480. The van der Waals surface area contributed by atoms with Gasteiger partial charge in [0.15, 0.2) is 23.2 Å². The van der Waals surface area contributed by atoms with Crippen molar-refractivity contribution < 1.29 is 32.2 Å². The molecule has 5 nitrogen and oxygen atoms in total. The molecule has 2 rings (SSSR count). The number of nitrogens with two attached hydrogens (primary N) is 1. The van der Waals surface area contributed by atoms with E-state index in [9.17, 15) is 22.8 Å². The normalized spacial score (nSPS) is 11.8. The van der Waals surface area contributed by atoms with Crippen molar-refractivity contribution >= 4 is 11.8 Å². The zero-order chi connectivity index (χ0) is 21.4. The lowest BCUT2D eigenvalue weighted by Gasteiger charge is -2.14. The van der Waals surface area contributed by atoms with Crippen LogP contribution in [0.25, 0.3) is 0 Å². The highest BCUT2D eigenvalue weighted by Crippen LogP contribution is 2.27. The molecule has 2 aromatic carbocycles. The Hall–Kier alpha value is -2.87. The minimum Gasteiger partial charge on any atom is -0.480 e. The molecule has 0 radical (unpaired) electrons. The Morgan fingerprint density at radius 3 is 2.45 bits per heavy atom. The van der Waals surface area contributed by atoms with Crippen LogP contribution in [-0.4, -0.2) is 24.4 Å². The van der Waals surface area contributed by atoms with Gasteiger partial charge in [-0.05, 0) is 30.0 Å². The highest BCUT2D eigenvalue weighted by Gasteiger charge is 2.22. The fraction of sp³-hybridized carbons (Fsp3) is 0.333. The lowest BCUT2D eigenvalue weighted by Crippen LogP contribution is -2.35. The third kappa shape index (κ3) is 6.32. The summed E-state index contributed by atoms with van der Waals surface area (Å²) in [5.74, 6) is -6.00. The number of Topliss-reactive ketones (excluding diaryl/α,β-unsaturated/α-hetero) is 1. The van der Waals surface area contributed by atoms with Crippen LogP contribution in [0.2, 0.25) is 0 Å². The molecular weight excluding hydrogens is 387 g/mol. The van der Waals surface area contributed by atoms with E-state index in [1.807, 2.05) is 18.2 Å². The summed E-state index contributed by atoms with van der Waals surface area (Å²) in [6, 6.07) is 8.71. The second kappa shape index (κ2) is 10.6. The number of esters is 1. The Labute approximate surface area is 166 Å². The molecular formula is C21H22F3NO4. The average Bonchev–Trinajstić information content (AvgIpc) is 2.73. The van der Waals surface area contributed by atoms with Crippen molar-refractivity contribution in [2.24, 2.45) is 5.73 Å². The Morgan fingerprint density at radius 2 is 1.79 bits per heavy atom. The molecule has 8 heteroatoms. The zero-order valence-corrected chi connectivity index (χ0v) is 15.9. The maximum atomic E-state index is 14.1. The van der Waals surface area contributed by atoms with Gasteiger partial charge in [-0.15, -0.1) is 0 Å². The van der Waals surface area contributed by atoms with E-state index < -0.39 is 47.6 Å². The SMILES string of the molecule is CCc1cc(F)c(F)c(OCC(=O)[C@@H](N)CCC(=O)OCc2ccccc2)c1F. The minimum absolute atomic E-state index is 0.0237. The van der Waals surface area contributed by atoms with Gasteiger partial charge in [0.2, 0.25) is 5.82 Å². The Bertz CT molecular complexity index is 859. The number of aryl methyl sites for hydroxylation is 1. The maximum Gasteiger partial charge on any atom is 0.306 e. The van der Waals surface area contributed by atoms with Crippen LogP contribution >= 0.6 is 0 Å². The van der Waals surface area contributed by atoms with Crippen molar-refractivity contribution in [3.05, 3.63) is 65.0 Å². The van der Waals surface area contributed by atoms with E-state index in [-0.39, 0.29) is 31.4 Å². The number of carbonyl (C=O) groups is 2. The van der Waals surface area contributed by atoms with E-state index in [0.717, 1.165) is 11.6 Å². The van der Waals surface area contributed by atoms with Crippen molar-refractivity contribution in [1.29, 1.82) is 0 Å². The van der Waals surface area contributed by atoms with Gasteiger partial charge in [0, 0.05) is 6.42 Å². The molecule has 1 atom stereocenters. The first-order valence-corrected chi connectivity index (χ1v) is 9.10. The molecule has 0 unspecified atom stereocenters. The largest absolute Gasteiger partial charge is 0.480 e. The van der Waals surface area contributed by atoms with Crippen molar-refractivity contribution in [3.8, 4) is 5.75 Å². The Kier molecular flexibility index (Phi) is 8.21. The molecule has 2 N–H and O–H groups in total. The van der Waals surface area contributed by atoms with Gasteiger partial charge in [-0.2, -0.15) is 4.39 Å². The second-order valence-corrected chi connectivity index (χ2v) is 6.37. The second-order valence-electron chi connectivity index (χ2n) is 6.37. The van der Waals surface area contributed by atoms with Crippen molar-refractivity contribution in [3.63, 3.8) is 0 Å². The zero-order valence-electron chi connectivity index (χ0n) is 15.9. The summed E-state index contributed by atoms with van der Waals surface area (Å²) in [4.78, 5) is 23.8. The first-order valence-electron chi connectivity index (χ1n) is 9.10. The van der Waals surface area contributed by atoms with Gasteiger partial charge in [0.05, 0.1) is 6.04 Å². The molecule has 0 aliphatic heterocycles. The summed E-state index contributed by atoms with van der Waals surface area (Å²) >= 11 is 0. The van der Waals surface area contributed by atoms with Crippen LogP contribution in [0.15, 0.2) is 36.4 Å². The van der Waals surface area contributed by atoms with Crippen LogP contribution in [0.1, 0.15) is 30.9 Å². The first-order chi connectivity index (χ1) is 13.8. The number of ketones is 1. The highest BCUT2D eigenvalue weighted by atomic mass is 19.2. The molecule has 156 valence electrons. The van der Waals surface area contributed by atoms with Crippen molar-refractivity contribution in [2.45, 2.75) is 38.8 Å². The number of hydrogen-bond acceptors (Lipinski definition) is 5. The van der Waals surface area contributed by atoms with Gasteiger partial charge in [0.25, 0.3) is 0 Å². The van der Waals surface area contributed by atoms with Gasteiger partial charge < -0.3 is 15.2 Å². The summed E-state index contributed by atoms with van der Waals surface area (Å²) in [6.45, 7) is 0.919. The minimum atomic E-state index is -1.51. The molecule has 0 aliphatic rings. The predicted molar refractivity (Wildman–Crippen MR) is 99.6 cm³/mol. The molecule has 2 aromatic rings. The van der Waals surface area contributed by atoms with E-state index in [4.69, 9.17) is 15.2 Å². The maximum absolute atomic E-state index is 14.1. The number of hydrogen-bond donors (Lipinski definition) is 1. The van der Waals surface area contributed by atoms with Crippen LogP contribution in [0.3, 0.4) is 0 Å². The highest BCUT2D eigenvalue weighted by molar-refractivity contribution is 5.85. The molecule has 0 spiro atoms. The molecule has 0 saturated heterocycles. The fourth-order valence-electron chi connectivity index (χ4n) is 2.51. The number of ether oxygens (including phenoxy) is 2. The third-order valence-corrected chi connectivity index (χ3v) is 4.25. The fourth-order valence-corrected chi connectivity index (χ4v) is 2.51. The lowest BCUT2D eigenvalue weighted by molar-refractivity contribution is -0.145. The molecule has 29 heavy (non-hydrogen) atoms. The van der Waals surface area contributed by atoms with Gasteiger partial charge in [-0.25, -0.2) is 8.78 Å². The summed E-state index contributed by atoms with van der Waals surface area (Å²) in [5.41, 5.74) is 6.45. The van der Waals surface area contributed by atoms with Crippen LogP contribution in [0.5, 0.6) is 5.75 Å². The molecule has 0 bridgehead atoms.